The van der Waals surface area contributed by atoms with Crippen LogP contribution in [0.15, 0.2) is 42.5 Å². The number of carbonyl (C=O) groups is 3. The van der Waals surface area contributed by atoms with Gasteiger partial charge in [0.15, 0.2) is 5.69 Å². The lowest BCUT2D eigenvalue weighted by Gasteiger charge is -2.59. The fourth-order valence-corrected chi connectivity index (χ4v) is 10.9. The minimum absolute atomic E-state index is 0.00554. The minimum atomic E-state index is -4.30. The summed E-state index contributed by atoms with van der Waals surface area (Å²) in [6.07, 6.45) is 5.33. The number of aromatic nitrogens is 2. The fraction of sp³-hybridized carbons (Fsp3) is 0.561. The third kappa shape index (κ3) is 10.5. The van der Waals surface area contributed by atoms with Gasteiger partial charge in [0, 0.05) is 19.2 Å². The van der Waals surface area contributed by atoms with Crippen molar-refractivity contribution < 1.29 is 54.9 Å². The molecule has 0 spiro atoms. The van der Waals surface area contributed by atoms with E-state index < -0.39 is 49.2 Å². The van der Waals surface area contributed by atoms with E-state index in [0.717, 1.165) is 44.2 Å². The molecule has 1 heterocycles. The third-order valence-corrected chi connectivity index (χ3v) is 13.6. The van der Waals surface area contributed by atoms with Crippen LogP contribution >= 0.6 is 0 Å². The Morgan fingerprint density at radius 1 is 0.867 bits per heavy atom. The smallest absolute Gasteiger partial charge is 0.330 e. The Hall–Kier alpha value is -4.56. The molecule has 0 aliphatic heterocycles. The Morgan fingerprint density at radius 3 is 1.88 bits per heavy atom. The molecule has 0 radical (unpaired) electrons. The highest BCUT2D eigenvalue weighted by Gasteiger charge is 2.62. The lowest BCUT2D eigenvalue weighted by Crippen LogP contribution is -2.70. The number of benzene rings is 2. The molecule has 60 heavy (non-hydrogen) atoms. The van der Waals surface area contributed by atoms with Crippen LogP contribution in [0, 0.1) is 23.7 Å². The summed E-state index contributed by atoms with van der Waals surface area (Å²) in [5.74, 6) is -1.60. The van der Waals surface area contributed by atoms with Gasteiger partial charge in [-0.05, 0) is 131 Å². The number of nitrogens with zero attached hydrogens (tertiary/aromatic N) is 4. The van der Waals surface area contributed by atoms with Crippen LogP contribution in [0.4, 0.5) is 0 Å². The van der Waals surface area contributed by atoms with E-state index in [1.165, 1.54) is 6.42 Å². The van der Waals surface area contributed by atoms with E-state index in [2.05, 4.69) is 24.1 Å². The summed E-state index contributed by atoms with van der Waals surface area (Å²) < 4.78 is 68.7. The predicted octanol–water partition coefficient (Wildman–Crippen LogP) is 4.47. The molecule has 0 unspecified atom stereocenters. The van der Waals surface area contributed by atoms with Crippen molar-refractivity contribution in [3.63, 3.8) is 0 Å². The van der Waals surface area contributed by atoms with Gasteiger partial charge < -0.3 is 29.7 Å². The number of carboxylic acids is 1. The summed E-state index contributed by atoms with van der Waals surface area (Å²) in [6, 6.07) is 12.7. The monoisotopic (exact) mass is 875 g/mol. The first-order valence-corrected chi connectivity index (χ1v) is 23.1. The van der Waals surface area contributed by atoms with Gasteiger partial charge in [0.25, 0.3) is 32.1 Å². The molecule has 4 aliphatic rings. The molecule has 4 N–H and O–H groups in total. The molecule has 4 fully saturated rings. The molecule has 4 aliphatic carbocycles. The second-order valence-corrected chi connectivity index (χ2v) is 19.8. The second kappa shape index (κ2) is 18.6. The number of methoxy groups -OCH3 is 2. The van der Waals surface area contributed by atoms with Gasteiger partial charge in [0.1, 0.15) is 17.0 Å². The van der Waals surface area contributed by atoms with Crippen LogP contribution in [0.1, 0.15) is 84.7 Å². The standard InChI is InChI=1S/C39H51N5O6.C2H6O6S2/c1-23(2)29-21-26(37(46)43(5)15-9-14-42(3)4)12-13-31(29)44-32(35-33(49-6)10-8-11-34(35)50-7)22-30(41-44)36(45)40-39(38(47)48)27-17-24-16-25(19-27)20-28(39)18-24;3-9(4,5)1-2-10(6,7)8/h8,10-13,21-25,27-28H,9,14-20H2,1-7H3,(H,40,45)(H,47,48);1-2H2,(H,3,4,5)(H,6,7,8). The van der Waals surface area contributed by atoms with E-state index in [9.17, 15) is 36.3 Å². The molecule has 19 heteroatoms. The molecule has 4 saturated carbocycles. The van der Waals surface area contributed by atoms with Gasteiger partial charge in [-0.15, -0.1) is 0 Å². The van der Waals surface area contributed by atoms with Gasteiger partial charge in [-0.3, -0.25) is 18.7 Å². The normalized spacial score (nSPS) is 22.0. The number of hydrogen-bond donors (Lipinski definition) is 4. The van der Waals surface area contributed by atoms with E-state index >= 15 is 0 Å². The quantitative estimate of drug-likeness (QED) is 0.145. The first kappa shape index (κ1) is 46.5. The predicted molar refractivity (Wildman–Crippen MR) is 224 cm³/mol. The summed E-state index contributed by atoms with van der Waals surface area (Å²) >= 11 is 0. The van der Waals surface area contributed by atoms with Gasteiger partial charge in [-0.2, -0.15) is 21.9 Å². The highest BCUT2D eigenvalue weighted by atomic mass is 32.2. The van der Waals surface area contributed by atoms with Crippen LogP contribution in [-0.2, 0) is 25.0 Å². The minimum Gasteiger partial charge on any atom is -0.496 e. The highest BCUT2D eigenvalue weighted by molar-refractivity contribution is 7.89. The molecule has 7 rings (SSSR count). The largest absolute Gasteiger partial charge is 0.496 e. The first-order valence-electron chi connectivity index (χ1n) is 19.9. The molecule has 4 bridgehead atoms. The maximum absolute atomic E-state index is 14.3. The number of carboxylic acid groups (broad SMARTS) is 1. The number of nitrogens with one attached hydrogen (secondary N) is 1. The van der Waals surface area contributed by atoms with Crippen molar-refractivity contribution in [1.29, 1.82) is 0 Å². The van der Waals surface area contributed by atoms with Gasteiger partial charge in [-0.1, -0.05) is 19.9 Å². The number of amides is 2. The molecule has 3 aromatic rings. The van der Waals surface area contributed by atoms with Gasteiger partial charge >= 0.3 is 5.97 Å². The molecule has 2 aromatic carbocycles. The van der Waals surface area contributed by atoms with Gasteiger partial charge in [0.05, 0.1) is 42.7 Å². The van der Waals surface area contributed by atoms with E-state index in [-0.39, 0.29) is 29.4 Å². The van der Waals surface area contributed by atoms with E-state index in [1.807, 2.05) is 51.5 Å². The van der Waals surface area contributed by atoms with Crippen LogP contribution in [0.25, 0.3) is 16.9 Å². The Kier molecular flexibility index (Phi) is 14.4. The highest BCUT2D eigenvalue weighted by Crippen LogP contribution is 2.58. The van der Waals surface area contributed by atoms with E-state index in [1.54, 1.807) is 35.9 Å². The SMILES string of the molecule is COc1cccc(OC)c1-c1cc(C(=O)NC2(C(=O)O)C3CC4CC(C3)CC2C4)nn1-c1ccc(C(=O)N(C)CCCN(C)C)cc1C(C)C.O=S(=O)(O)CCS(=O)(=O)O. The Morgan fingerprint density at radius 2 is 1.42 bits per heavy atom. The number of rotatable bonds is 16. The zero-order chi connectivity index (χ0) is 44.3. The van der Waals surface area contributed by atoms with Crippen LogP contribution in [-0.4, -0.2) is 134 Å². The average Bonchev–Trinajstić information content (AvgIpc) is 3.62. The van der Waals surface area contributed by atoms with Crippen molar-refractivity contribution in [2.75, 3.05) is 60.0 Å². The van der Waals surface area contributed by atoms with Gasteiger partial charge in [-0.25, -0.2) is 9.48 Å². The summed E-state index contributed by atoms with van der Waals surface area (Å²) in [6.45, 7) is 5.62. The zero-order valence-electron chi connectivity index (χ0n) is 35.1. The summed E-state index contributed by atoms with van der Waals surface area (Å²) in [5.41, 5.74) is 2.04. The summed E-state index contributed by atoms with van der Waals surface area (Å²) in [5, 5.41) is 18.7. The maximum atomic E-state index is 14.3. The van der Waals surface area contributed by atoms with Crippen molar-refractivity contribution >= 4 is 38.0 Å². The Labute approximate surface area is 351 Å². The zero-order valence-corrected chi connectivity index (χ0v) is 36.8. The second-order valence-electron chi connectivity index (χ2n) is 16.7. The lowest BCUT2D eigenvalue weighted by atomic mass is 9.48. The number of ether oxygens (including phenoxy) is 2. The molecule has 1 aromatic heterocycles. The van der Waals surface area contributed by atoms with Crippen LogP contribution in [0.3, 0.4) is 0 Å². The summed E-state index contributed by atoms with van der Waals surface area (Å²) in [4.78, 5) is 44.7. The Bertz CT molecular complexity index is 2210. The third-order valence-electron chi connectivity index (χ3n) is 11.9. The molecule has 17 nitrogen and oxygen atoms in total. The topological polar surface area (TPSA) is 235 Å². The molecule has 330 valence electrons. The molecule has 0 atom stereocenters. The van der Waals surface area contributed by atoms with E-state index in [0.29, 0.717) is 52.4 Å². The van der Waals surface area contributed by atoms with Gasteiger partial charge in [0.2, 0.25) is 0 Å². The van der Waals surface area contributed by atoms with Crippen molar-refractivity contribution in [3.05, 3.63) is 59.3 Å². The van der Waals surface area contributed by atoms with Crippen LogP contribution in [0.5, 0.6) is 11.5 Å². The number of aliphatic carboxylic acids is 1. The molecule has 0 saturated heterocycles. The molecule has 2 amide bonds. The molecular weight excluding hydrogens is 819 g/mol. The number of carbonyl (C=O) groups excluding carboxylic acids is 2. The fourth-order valence-electron chi connectivity index (χ4n) is 9.24. The summed E-state index contributed by atoms with van der Waals surface area (Å²) in [7, 11) is 0.405. The lowest BCUT2D eigenvalue weighted by molar-refractivity contribution is -0.163. The molecular formula is C41H57N5O12S2. The maximum Gasteiger partial charge on any atom is 0.330 e. The number of hydrogen-bond acceptors (Lipinski definition) is 11. The van der Waals surface area contributed by atoms with Crippen molar-refractivity contribution in [2.24, 2.45) is 23.7 Å². The van der Waals surface area contributed by atoms with Crippen LogP contribution < -0.4 is 14.8 Å². The average molecular weight is 876 g/mol. The van der Waals surface area contributed by atoms with Crippen molar-refractivity contribution in [2.45, 2.75) is 63.8 Å². The van der Waals surface area contributed by atoms with Crippen molar-refractivity contribution in [3.8, 4) is 28.4 Å². The van der Waals surface area contributed by atoms with E-state index in [4.69, 9.17) is 23.7 Å². The Balaban J connectivity index is 0.000000606. The first-order chi connectivity index (χ1) is 28.1. The van der Waals surface area contributed by atoms with Crippen LogP contribution in [0.2, 0.25) is 0 Å². The van der Waals surface area contributed by atoms with Crippen molar-refractivity contribution in [1.82, 2.24) is 24.9 Å².